The predicted octanol–water partition coefficient (Wildman–Crippen LogP) is 1.87. The summed E-state index contributed by atoms with van der Waals surface area (Å²) in [6.07, 6.45) is 4.15. The number of nitrogens with two attached hydrogens (primary N) is 1. The maximum Gasteiger partial charge on any atom is 0.221 e. The Morgan fingerprint density at radius 3 is 2.75 bits per heavy atom. The first-order valence-electron chi connectivity index (χ1n) is 4.61. The molecule has 2 aromatic heterocycles. The summed E-state index contributed by atoms with van der Waals surface area (Å²) >= 11 is 0. The minimum atomic E-state index is -0.415. The standard InChI is InChI=1S/C11H10FN3O/c1-16-11-10(3-9(13)6-15-11)7-2-8(12)5-14-4-7/h2-6H,13H2,1H3. The number of hydrogen-bond acceptors (Lipinski definition) is 4. The smallest absolute Gasteiger partial charge is 0.221 e. The van der Waals surface area contributed by atoms with Crippen LogP contribution in [0.2, 0.25) is 0 Å². The second-order valence-electron chi connectivity index (χ2n) is 3.22. The van der Waals surface area contributed by atoms with Crippen molar-refractivity contribution in [2.45, 2.75) is 0 Å². The first-order chi connectivity index (χ1) is 7.70. The van der Waals surface area contributed by atoms with Gasteiger partial charge >= 0.3 is 0 Å². The molecule has 0 saturated carbocycles. The highest BCUT2D eigenvalue weighted by molar-refractivity contribution is 5.70. The molecule has 0 aliphatic rings. The molecule has 0 atom stereocenters. The first kappa shape index (κ1) is 10.4. The van der Waals surface area contributed by atoms with Gasteiger partial charge in [0.2, 0.25) is 5.88 Å². The molecule has 0 aliphatic heterocycles. The molecule has 0 bridgehead atoms. The summed E-state index contributed by atoms with van der Waals surface area (Å²) in [5.74, 6) is -0.0245. The van der Waals surface area contributed by atoms with Gasteiger partial charge in [0.25, 0.3) is 0 Å². The molecule has 0 saturated heterocycles. The molecule has 0 aromatic carbocycles. The van der Waals surface area contributed by atoms with Gasteiger partial charge in [0, 0.05) is 17.3 Å². The lowest BCUT2D eigenvalue weighted by molar-refractivity contribution is 0.400. The fourth-order valence-corrected chi connectivity index (χ4v) is 1.40. The number of methoxy groups -OCH3 is 1. The van der Waals surface area contributed by atoms with Crippen LogP contribution in [-0.4, -0.2) is 17.1 Å². The van der Waals surface area contributed by atoms with Gasteiger partial charge in [-0.25, -0.2) is 9.37 Å². The molecule has 82 valence electrons. The molecule has 0 aliphatic carbocycles. The number of nitrogen functional groups attached to an aromatic ring is 1. The Bertz CT molecular complexity index is 516. The van der Waals surface area contributed by atoms with E-state index in [0.29, 0.717) is 22.7 Å². The van der Waals surface area contributed by atoms with Crippen LogP contribution in [0.5, 0.6) is 5.88 Å². The van der Waals surface area contributed by atoms with Crippen molar-refractivity contribution in [1.29, 1.82) is 0 Å². The van der Waals surface area contributed by atoms with Crippen LogP contribution in [0, 0.1) is 5.82 Å². The van der Waals surface area contributed by atoms with Crippen LogP contribution in [0.15, 0.2) is 30.7 Å². The van der Waals surface area contributed by atoms with Crippen molar-refractivity contribution in [3.05, 3.63) is 36.5 Å². The van der Waals surface area contributed by atoms with Crippen molar-refractivity contribution in [2.75, 3.05) is 12.8 Å². The van der Waals surface area contributed by atoms with Gasteiger partial charge in [-0.15, -0.1) is 0 Å². The minimum Gasteiger partial charge on any atom is -0.481 e. The van der Waals surface area contributed by atoms with E-state index in [1.165, 1.54) is 25.6 Å². The Morgan fingerprint density at radius 1 is 1.25 bits per heavy atom. The van der Waals surface area contributed by atoms with Gasteiger partial charge in [-0.2, -0.15) is 0 Å². The van der Waals surface area contributed by atoms with Crippen LogP contribution >= 0.6 is 0 Å². The highest BCUT2D eigenvalue weighted by Crippen LogP contribution is 2.29. The molecule has 4 nitrogen and oxygen atoms in total. The van der Waals surface area contributed by atoms with Crippen LogP contribution < -0.4 is 10.5 Å². The number of nitrogens with zero attached hydrogens (tertiary/aromatic N) is 2. The lowest BCUT2D eigenvalue weighted by Gasteiger charge is -2.07. The van der Waals surface area contributed by atoms with E-state index in [9.17, 15) is 4.39 Å². The summed E-state index contributed by atoms with van der Waals surface area (Å²) < 4.78 is 18.1. The summed E-state index contributed by atoms with van der Waals surface area (Å²) in [7, 11) is 1.49. The van der Waals surface area contributed by atoms with Gasteiger partial charge in [-0.1, -0.05) is 0 Å². The Morgan fingerprint density at radius 2 is 2.06 bits per heavy atom. The van der Waals surface area contributed by atoms with Gasteiger partial charge in [0.1, 0.15) is 5.82 Å². The summed E-state index contributed by atoms with van der Waals surface area (Å²) in [6, 6.07) is 3.02. The van der Waals surface area contributed by atoms with E-state index < -0.39 is 5.82 Å². The van der Waals surface area contributed by atoms with Gasteiger partial charge in [-0.05, 0) is 12.1 Å². The van der Waals surface area contributed by atoms with E-state index in [4.69, 9.17) is 10.5 Å². The minimum absolute atomic E-state index is 0.390. The van der Waals surface area contributed by atoms with Crippen LogP contribution in [-0.2, 0) is 0 Å². The van der Waals surface area contributed by atoms with Gasteiger partial charge in [0.05, 0.1) is 25.2 Å². The maximum atomic E-state index is 13.0. The highest BCUT2D eigenvalue weighted by atomic mass is 19.1. The lowest BCUT2D eigenvalue weighted by Crippen LogP contribution is -1.95. The molecule has 0 amide bonds. The summed E-state index contributed by atoms with van der Waals surface area (Å²) in [6.45, 7) is 0. The lowest BCUT2D eigenvalue weighted by atomic mass is 10.1. The van der Waals surface area contributed by atoms with E-state index in [0.717, 1.165) is 6.20 Å². The molecule has 16 heavy (non-hydrogen) atoms. The number of halogens is 1. The van der Waals surface area contributed by atoms with Gasteiger partial charge < -0.3 is 10.5 Å². The Labute approximate surface area is 91.9 Å². The SMILES string of the molecule is COc1ncc(N)cc1-c1cncc(F)c1. The third kappa shape index (κ3) is 1.93. The van der Waals surface area contributed by atoms with E-state index in [2.05, 4.69) is 9.97 Å². The number of aromatic nitrogens is 2. The topological polar surface area (TPSA) is 61.0 Å². The zero-order valence-electron chi connectivity index (χ0n) is 8.64. The molecule has 0 radical (unpaired) electrons. The largest absolute Gasteiger partial charge is 0.481 e. The number of anilines is 1. The van der Waals surface area contributed by atoms with E-state index >= 15 is 0 Å². The third-order valence-electron chi connectivity index (χ3n) is 2.08. The van der Waals surface area contributed by atoms with Crippen LogP contribution in [0.3, 0.4) is 0 Å². The molecule has 0 unspecified atom stereocenters. The second kappa shape index (κ2) is 4.14. The Hall–Kier alpha value is -2.17. The van der Waals surface area contributed by atoms with E-state index in [1.54, 1.807) is 6.07 Å². The fourth-order valence-electron chi connectivity index (χ4n) is 1.40. The molecule has 0 fully saturated rings. The zero-order chi connectivity index (χ0) is 11.5. The number of rotatable bonds is 2. The number of hydrogen-bond donors (Lipinski definition) is 1. The first-order valence-corrected chi connectivity index (χ1v) is 4.61. The van der Waals surface area contributed by atoms with E-state index in [-0.39, 0.29) is 0 Å². The summed E-state index contributed by atoms with van der Waals surface area (Å²) in [4.78, 5) is 7.77. The van der Waals surface area contributed by atoms with Crippen molar-refractivity contribution in [3.63, 3.8) is 0 Å². The predicted molar refractivity (Wildman–Crippen MR) is 58.4 cm³/mol. The molecular formula is C11H10FN3O. The van der Waals surface area contributed by atoms with Crippen LogP contribution in [0.25, 0.3) is 11.1 Å². The highest BCUT2D eigenvalue weighted by Gasteiger charge is 2.08. The van der Waals surface area contributed by atoms with Gasteiger partial charge in [-0.3, -0.25) is 4.98 Å². The van der Waals surface area contributed by atoms with E-state index in [1.807, 2.05) is 0 Å². The molecular weight excluding hydrogens is 209 g/mol. The Kier molecular flexibility index (Phi) is 2.68. The molecule has 5 heteroatoms. The van der Waals surface area contributed by atoms with Crippen molar-refractivity contribution < 1.29 is 9.13 Å². The molecule has 2 N–H and O–H groups in total. The third-order valence-corrected chi connectivity index (χ3v) is 2.08. The normalized spacial score (nSPS) is 10.1. The molecule has 0 spiro atoms. The molecule has 2 aromatic rings. The summed E-state index contributed by atoms with van der Waals surface area (Å²) in [5, 5.41) is 0. The molecule has 2 heterocycles. The van der Waals surface area contributed by atoms with Crippen LogP contribution in [0.1, 0.15) is 0 Å². The Balaban J connectivity index is 2.58. The average molecular weight is 219 g/mol. The fraction of sp³-hybridized carbons (Fsp3) is 0.0909. The molecule has 2 rings (SSSR count). The quantitative estimate of drug-likeness (QED) is 0.837. The second-order valence-corrected chi connectivity index (χ2v) is 3.22. The number of pyridine rings is 2. The van der Waals surface area contributed by atoms with Crippen molar-refractivity contribution >= 4 is 5.69 Å². The summed E-state index contributed by atoms with van der Waals surface area (Å²) in [5.41, 5.74) is 7.31. The zero-order valence-corrected chi connectivity index (χ0v) is 8.64. The van der Waals surface area contributed by atoms with Crippen molar-refractivity contribution in [1.82, 2.24) is 9.97 Å². The average Bonchev–Trinajstić information content (AvgIpc) is 2.29. The maximum absolute atomic E-state index is 13.0. The van der Waals surface area contributed by atoms with Crippen LogP contribution in [0.4, 0.5) is 10.1 Å². The van der Waals surface area contributed by atoms with Crippen molar-refractivity contribution in [3.8, 4) is 17.0 Å². The van der Waals surface area contributed by atoms with Gasteiger partial charge in [0.15, 0.2) is 0 Å². The monoisotopic (exact) mass is 219 g/mol. The van der Waals surface area contributed by atoms with Crippen molar-refractivity contribution in [2.24, 2.45) is 0 Å². The number of ether oxygens (including phenoxy) is 1.